The Morgan fingerprint density at radius 1 is 2.00 bits per heavy atom. The van der Waals surface area contributed by atoms with Crippen molar-refractivity contribution in [3.63, 3.8) is 0 Å². The van der Waals surface area contributed by atoms with Crippen molar-refractivity contribution in [2.45, 2.75) is 0 Å². The average molecular weight is 94.1 g/mol. The van der Waals surface area contributed by atoms with Gasteiger partial charge in [0, 0.05) is 0 Å². The van der Waals surface area contributed by atoms with Gasteiger partial charge in [-0.2, -0.15) is 0 Å². The van der Waals surface area contributed by atoms with Gasteiger partial charge in [-0.3, -0.25) is 0 Å². The van der Waals surface area contributed by atoms with Gasteiger partial charge in [-0.05, 0) is 0 Å². The molecule has 1 nitrogen and oxygen atoms in total. The molecule has 0 aliphatic carbocycles. The monoisotopic (exact) mass is 94.0 g/mol. The summed E-state index contributed by atoms with van der Waals surface area (Å²) in [5, 5.41) is 0. The Bertz CT molecular complexity index is 31.0. The first-order valence-corrected chi connectivity index (χ1v) is 3.76. The summed E-state index contributed by atoms with van der Waals surface area (Å²) < 4.78 is 0. The SMILES string of the molecule is C[P+](N)=S. The van der Waals surface area contributed by atoms with Gasteiger partial charge in [0.2, 0.25) is 0 Å². The van der Waals surface area contributed by atoms with Gasteiger partial charge in [-0.1, -0.05) is 0 Å². The molecular formula is CH5NPS+. The van der Waals surface area contributed by atoms with E-state index in [2.05, 4.69) is 11.8 Å². The highest BCUT2D eigenvalue weighted by Crippen LogP contribution is 1.93. The fourth-order valence-corrected chi connectivity index (χ4v) is 0. The lowest BCUT2D eigenvalue weighted by molar-refractivity contribution is 1.98. The summed E-state index contributed by atoms with van der Waals surface area (Å²) in [6, 6.07) is 0. The first-order valence-electron chi connectivity index (χ1n) is 0.888. The lowest BCUT2D eigenvalue weighted by Crippen LogP contribution is -1.67. The van der Waals surface area contributed by atoms with E-state index in [4.69, 9.17) is 5.50 Å². The van der Waals surface area contributed by atoms with Crippen LogP contribution in [-0.2, 0) is 11.8 Å². The Kier molecular flexibility index (Phi) is 1.98. The molecule has 0 saturated heterocycles. The van der Waals surface area contributed by atoms with Crippen molar-refractivity contribution in [3.8, 4) is 0 Å². The summed E-state index contributed by atoms with van der Waals surface area (Å²) in [4.78, 5) is 0. The topological polar surface area (TPSA) is 26.0 Å². The van der Waals surface area contributed by atoms with Gasteiger partial charge in [-0.15, -0.1) is 5.50 Å². The predicted octanol–water partition coefficient (Wildman–Crippen LogP) is 0.434. The van der Waals surface area contributed by atoms with Gasteiger partial charge in [0.15, 0.2) is 11.8 Å². The van der Waals surface area contributed by atoms with E-state index in [1.807, 2.05) is 6.66 Å². The summed E-state index contributed by atoms with van der Waals surface area (Å²) in [5.41, 5.74) is 4.99. The molecule has 0 saturated carbocycles. The van der Waals surface area contributed by atoms with Gasteiger partial charge in [0.25, 0.3) is 6.85 Å². The van der Waals surface area contributed by atoms with E-state index in [1.165, 1.54) is 0 Å². The van der Waals surface area contributed by atoms with Crippen molar-refractivity contribution in [2.24, 2.45) is 5.50 Å². The van der Waals surface area contributed by atoms with Gasteiger partial charge in [0.1, 0.15) is 6.66 Å². The number of hydrogen-bond acceptors (Lipinski definition) is 1. The first kappa shape index (κ1) is 4.48. The second-order valence-electron chi connectivity index (χ2n) is 0.546. The summed E-state index contributed by atoms with van der Waals surface area (Å²) in [6.45, 7) is 1.29. The quantitative estimate of drug-likeness (QED) is 0.440. The summed E-state index contributed by atoms with van der Waals surface area (Å²) in [5.74, 6) is 0. The molecule has 4 heavy (non-hydrogen) atoms. The highest BCUT2D eigenvalue weighted by atomic mass is 32.4. The largest absolute Gasteiger partial charge is 0.258 e. The van der Waals surface area contributed by atoms with Crippen LogP contribution in [0.4, 0.5) is 0 Å². The van der Waals surface area contributed by atoms with Crippen LogP contribution in [0.5, 0.6) is 0 Å². The maximum atomic E-state index is 4.99. The minimum atomic E-state index is -0.537. The Labute approximate surface area is 31.7 Å². The summed E-state index contributed by atoms with van der Waals surface area (Å²) >= 11 is 4.46. The molecule has 0 spiro atoms. The minimum Gasteiger partial charge on any atom is -0.146 e. The van der Waals surface area contributed by atoms with Crippen LogP contribution in [0.2, 0.25) is 0 Å². The smallest absolute Gasteiger partial charge is 0.146 e. The van der Waals surface area contributed by atoms with Gasteiger partial charge in [-0.25, -0.2) is 0 Å². The predicted molar refractivity (Wildman–Crippen MR) is 24.4 cm³/mol. The number of rotatable bonds is 0. The van der Waals surface area contributed by atoms with Crippen molar-refractivity contribution in [2.75, 3.05) is 6.66 Å². The van der Waals surface area contributed by atoms with Gasteiger partial charge >= 0.3 is 0 Å². The fraction of sp³-hybridized carbons (Fsp3) is 1.00. The van der Waals surface area contributed by atoms with E-state index >= 15 is 0 Å². The third kappa shape index (κ3) is 23.6. The van der Waals surface area contributed by atoms with Gasteiger partial charge in [0.05, 0.1) is 0 Å². The van der Waals surface area contributed by atoms with Crippen LogP contribution in [-0.4, -0.2) is 6.66 Å². The second kappa shape index (κ2) is 1.77. The van der Waals surface area contributed by atoms with E-state index < -0.39 is 6.85 Å². The van der Waals surface area contributed by atoms with Crippen LogP contribution in [0.15, 0.2) is 0 Å². The van der Waals surface area contributed by atoms with E-state index in [-0.39, 0.29) is 0 Å². The van der Waals surface area contributed by atoms with Crippen molar-refractivity contribution >= 4 is 18.7 Å². The highest BCUT2D eigenvalue weighted by molar-refractivity contribution is 8.03. The highest BCUT2D eigenvalue weighted by Gasteiger charge is 1.73. The third-order valence-corrected chi connectivity index (χ3v) is 0. The molecule has 0 aromatic carbocycles. The second-order valence-corrected chi connectivity index (χ2v) is 3.37. The van der Waals surface area contributed by atoms with Gasteiger partial charge < -0.3 is 0 Å². The number of nitrogens with two attached hydrogens (primary N) is 1. The fourth-order valence-electron chi connectivity index (χ4n) is 0. The molecule has 0 aliphatic heterocycles. The Morgan fingerprint density at radius 2 is 2.00 bits per heavy atom. The van der Waals surface area contributed by atoms with Crippen LogP contribution in [0.25, 0.3) is 0 Å². The summed E-state index contributed by atoms with van der Waals surface area (Å²) in [6.07, 6.45) is 0. The lowest BCUT2D eigenvalue weighted by Gasteiger charge is -1.45. The lowest BCUT2D eigenvalue weighted by atomic mass is 12.0. The minimum absolute atomic E-state index is 0.537. The Morgan fingerprint density at radius 3 is 2.00 bits per heavy atom. The van der Waals surface area contributed by atoms with Crippen molar-refractivity contribution in [1.82, 2.24) is 0 Å². The molecule has 0 bridgehead atoms. The molecular weight excluding hydrogens is 89.1 g/mol. The molecule has 24 valence electrons. The third-order valence-electron chi connectivity index (χ3n) is 0. The molecule has 0 fully saturated rings. The van der Waals surface area contributed by atoms with Crippen LogP contribution < -0.4 is 5.50 Å². The molecule has 1 unspecified atom stereocenters. The molecule has 0 aromatic rings. The normalized spacial score (nSPS) is 11.0. The van der Waals surface area contributed by atoms with E-state index in [0.29, 0.717) is 0 Å². The molecule has 0 heterocycles. The molecule has 3 heteroatoms. The maximum Gasteiger partial charge on any atom is 0.258 e. The molecule has 2 N–H and O–H groups in total. The van der Waals surface area contributed by atoms with Crippen molar-refractivity contribution < 1.29 is 0 Å². The molecule has 0 aliphatic rings. The van der Waals surface area contributed by atoms with E-state index in [0.717, 1.165) is 0 Å². The zero-order valence-corrected chi connectivity index (χ0v) is 4.14. The molecule has 0 amide bonds. The Hall–Kier alpha value is 0.480. The Balaban J connectivity index is 2.80. The maximum absolute atomic E-state index is 4.99. The standard InChI is InChI=1S/CH5NPS/c1-3(2)4/h1H3,(H2,2,4)/q+1. The van der Waals surface area contributed by atoms with Crippen LogP contribution >= 0.6 is 6.85 Å². The molecule has 0 rings (SSSR count). The molecule has 0 aromatic heterocycles. The zero-order chi connectivity index (χ0) is 3.58. The zero-order valence-electron chi connectivity index (χ0n) is 2.43. The van der Waals surface area contributed by atoms with Crippen molar-refractivity contribution in [3.05, 3.63) is 0 Å². The van der Waals surface area contributed by atoms with Crippen molar-refractivity contribution in [1.29, 1.82) is 0 Å². The van der Waals surface area contributed by atoms with Crippen LogP contribution in [0.1, 0.15) is 0 Å². The van der Waals surface area contributed by atoms with E-state index in [1.54, 1.807) is 0 Å². The van der Waals surface area contributed by atoms with Crippen LogP contribution in [0.3, 0.4) is 0 Å². The van der Waals surface area contributed by atoms with Crippen LogP contribution in [0, 0.1) is 0 Å². The molecule has 1 atom stereocenters. The molecule has 0 radical (unpaired) electrons. The average Bonchev–Trinajstić information content (AvgIpc) is 0.811. The number of hydrogen-bond donors (Lipinski definition) is 1. The summed E-state index contributed by atoms with van der Waals surface area (Å²) in [7, 11) is 0. The first-order chi connectivity index (χ1) is 1.73. The van der Waals surface area contributed by atoms with E-state index in [9.17, 15) is 0 Å².